The fraction of sp³-hybridized carbons (Fsp3) is 0.130. The second-order valence-electron chi connectivity index (χ2n) is 6.94. The van der Waals surface area contributed by atoms with Gasteiger partial charge in [0.1, 0.15) is 5.75 Å². The number of allylic oxidation sites excluding steroid dienone is 1. The number of hydrogen-bond acceptors (Lipinski definition) is 5. The highest BCUT2D eigenvalue weighted by molar-refractivity contribution is 6.06. The molecule has 0 atom stereocenters. The molecular weight excluding hydrogens is 421 g/mol. The summed E-state index contributed by atoms with van der Waals surface area (Å²) >= 11 is 0. The molecule has 0 fully saturated rings. The first-order chi connectivity index (χ1) is 15.3. The van der Waals surface area contributed by atoms with Crippen LogP contribution in [0.15, 0.2) is 60.8 Å². The van der Waals surface area contributed by atoms with Crippen LogP contribution in [0.2, 0.25) is 0 Å². The quantitative estimate of drug-likeness (QED) is 0.322. The highest BCUT2D eigenvalue weighted by atomic mass is 19.4. The van der Waals surface area contributed by atoms with Gasteiger partial charge in [0.15, 0.2) is 5.69 Å². The van der Waals surface area contributed by atoms with Crippen LogP contribution < -0.4 is 4.74 Å². The third-order valence-corrected chi connectivity index (χ3v) is 4.95. The first-order valence-electron chi connectivity index (χ1n) is 9.53. The van der Waals surface area contributed by atoms with Crippen LogP contribution in [0.1, 0.15) is 27.3 Å². The zero-order chi connectivity index (χ0) is 22.9. The SMILES string of the molecule is COc1ccc(/C=C/C(=O)c2nnn(-c3ccnc4c(C(F)(F)F)cccc34)c2C)cc1. The van der Waals surface area contributed by atoms with Crippen molar-refractivity contribution in [2.75, 3.05) is 7.11 Å². The van der Waals surface area contributed by atoms with E-state index in [1.165, 1.54) is 35.2 Å². The molecule has 162 valence electrons. The van der Waals surface area contributed by atoms with Crippen molar-refractivity contribution >= 4 is 22.8 Å². The Kier molecular flexibility index (Phi) is 5.48. The molecule has 2 aromatic carbocycles. The number of pyridine rings is 1. The zero-order valence-corrected chi connectivity index (χ0v) is 17.1. The van der Waals surface area contributed by atoms with Gasteiger partial charge in [-0.05, 0) is 42.8 Å². The minimum atomic E-state index is -4.55. The summed E-state index contributed by atoms with van der Waals surface area (Å²) in [6, 6.07) is 12.5. The summed E-state index contributed by atoms with van der Waals surface area (Å²) in [5.41, 5.74) is 0.618. The molecule has 0 amide bonds. The van der Waals surface area contributed by atoms with Gasteiger partial charge in [-0.3, -0.25) is 9.78 Å². The van der Waals surface area contributed by atoms with Crippen LogP contribution in [0.5, 0.6) is 5.75 Å². The van der Waals surface area contributed by atoms with E-state index in [-0.39, 0.29) is 22.4 Å². The molecule has 0 saturated heterocycles. The second kappa shape index (κ2) is 8.26. The van der Waals surface area contributed by atoms with Gasteiger partial charge in [0.2, 0.25) is 5.78 Å². The molecule has 9 heteroatoms. The number of halogens is 3. The number of benzene rings is 2. The standard InChI is InChI=1S/C23H17F3N4O2/c1-14-21(20(31)11-8-15-6-9-16(32-2)10-7-15)28-29-30(14)19-12-13-27-22-17(19)4-3-5-18(22)23(24,25)26/h3-13H,1-2H3/b11-8+. The summed E-state index contributed by atoms with van der Waals surface area (Å²) in [5.74, 6) is 0.324. The number of para-hydroxylation sites is 1. The number of carbonyl (C=O) groups is 1. The number of aromatic nitrogens is 4. The van der Waals surface area contributed by atoms with Crippen LogP contribution in [-0.4, -0.2) is 32.9 Å². The molecule has 0 radical (unpaired) electrons. The monoisotopic (exact) mass is 438 g/mol. The van der Waals surface area contributed by atoms with Gasteiger partial charge in [0.25, 0.3) is 0 Å². The molecule has 0 aliphatic rings. The Labute approximate surface area is 181 Å². The maximum absolute atomic E-state index is 13.4. The van der Waals surface area contributed by atoms with E-state index in [9.17, 15) is 18.0 Å². The van der Waals surface area contributed by atoms with Gasteiger partial charge in [-0.15, -0.1) is 5.10 Å². The third-order valence-electron chi connectivity index (χ3n) is 4.95. The second-order valence-corrected chi connectivity index (χ2v) is 6.94. The van der Waals surface area contributed by atoms with E-state index < -0.39 is 11.7 Å². The lowest BCUT2D eigenvalue weighted by molar-refractivity contribution is -0.136. The molecule has 0 N–H and O–H groups in total. The fourth-order valence-electron chi connectivity index (χ4n) is 3.33. The van der Waals surface area contributed by atoms with Crippen LogP contribution in [0.4, 0.5) is 13.2 Å². The molecule has 2 heterocycles. The Bertz CT molecular complexity index is 1330. The molecule has 0 unspecified atom stereocenters. The number of carbonyl (C=O) groups excluding carboxylic acids is 1. The largest absolute Gasteiger partial charge is 0.497 e. The Hall–Kier alpha value is -4.01. The molecule has 6 nitrogen and oxygen atoms in total. The van der Waals surface area contributed by atoms with E-state index in [0.717, 1.165) is 11.6 Å². The van der Waals surface area contributed by atoms with Crippen molar-refractivity contribution in [1.29, 1.82) is 0 Å². The number of ketones is 1. The Morgan fingerprint density at radius 1 is 1.09 bits per heavy atom. The lowest BCUT2D eigenvalue weighted by atomic mass is 10.1. The van der Waals surface area contributed by atoms with Crippen LogP contribution in [-0.2, 0) is 6.18 Å². The normalized spacial score (nSPS) is 11.9. The summed E-state index contributed by atoms with van der Waals surface area (Å²) in [7, 11) is 1.57. The van der Waals surface area contributed by atoms with Crippen LogP contribution in [0.3, 0.4) is 0 Å². The van der Waals surface area contributed by atoms with Gasteiger partial charge >= 0.3 is 6.18 Å². The summed E-state index contributed by atoms with van der Waals surface area (Å²) in [6.07, 6.45) is -0.262. The lowest BCUT2D eigenvalue weighted by Gasteiger charge is -2.12. The van der Waals surface area contributed by atoms with Crippen LogP contribution in [0, 0.1) is 6.92 Å². The van der Waals surface area contributed by atoms with Gasteiger partial charge in [-0.2, -0.15) is 13.2 Å². The van der Waals surface area contributed by atoms with Gasteiger partial charge in [0, 0.05) is 11.6 Å². The van der Waals surface area contributed by atoms with Gasteiger partial charge in [0.05, 0.1) is 29.6 Å². The molecule has 4 rings (SSSR count). The first-order valence-corrected chi connectivity index (χ1v) is 9.53. The minimum Gasteiger partial charge on any atom is -0.497 e. The van der Waals surface area contributed by atoms with Crippen molar-refractivity contribution in [3.8, 4) is 11.4 Å². The van der Waals surface area contributed by atoms with Crippen LogP contribution in [0.25, 0.3) is 22.7 Å². The fourth-order valence-corrected chi connectivity index (χ4v) is 3.33. The van der Waals surface area contributed by atoms with Gasteiger partial charge in [-0.1, -0.05) is 35.6 Å². The Balaban J connectivity index is 1.69. The highest BCUT2D eigenvalue weighted by Gasteiger charge is 2.33. The van der Waals surface area contributed by atoms with Crippen LogP contribution >= 0.6 is 0 Å². The predicted molar refractivity (Wildman–Crippen MR) is 113 cm³/mol. The van der Waals surface area contributed by atoms with Crippen molar-refractivity contribution in [3.05, 3.63) is 83.3 Å². The van der Waals surface area contributed by atoms with E-state index in [1.54, 1.807) is 44.4 Å². The molecule has 4 aromatic rings. The lowest BCUT2D eigenvalue weighted by Crippen LogP contribution is -2.08. The molecule has 0 saturated carbocycles. The maximum atomic E-state index is 13.4. The average Bonchev–Trinajstić information content (AvgIpc) is 3.17. The first kappa shape index (κ1) is 21.2. The Morgan fingerprint density at radius 2 is 1.84 bits per heavy atom. The topological polar surface area (TPSA) is 69.9 Å². The molecule has 0 aliphatic carbocycles. The summed E-state index contributed by atoms with van der Waals surface area (Å²) in [6.45, 7) is 1.63. The molecule has 0 spiro atoms. The molecule has 0 bridgehead atoms. The molecule has 2 aromatic heterocycles. The number of fused-ring (bicyclic) bond motifs is 1. The predicted octanol–water partition coefficient (Wildman–Crippen LogP) is 5.05. The molecular formula is C23H17F3N4O2. The van der Waals surface area contributed by atoms with Gasteiger partial charge < -0.3 is 4.74 Å². The number of methoxy groups -OCH3 is 1. The number of alkyl halides is 3. The van der Waals surface area contributed by atoms with E-state index in [4.69, 9.17) is 4.74 Å². The maximum Gasteiger partial charge on any atom is 0.418 e. The van der Waals surface area contributed by atoms with E-state index in [1.807, 2.05) is 0 Å². The van der Waals surface area contributed by atoms with Crippen molar-refractivity contribution in [3.63, 3.8) is 0 Å². The minimum absolute atomic E-state index is 0.103. The average molecular weight is 438 g/mol. The van der Waals surface area contributed by atoms with Crippen molar-refractivity contribution in [2.24, 2.45) is 0 Å². The zero-order valence-electron chi connectivity index (χ0n) is 17.1. The number of nitrogens with zero attached hydrogens (tertiary/aromatic N) is 4. The number of ether oxygens (including phenoxy) is 1. The summed E-state index contributed by atoms with van der Waals surface area (Å²) < 4.78 is 46.6. The van der Waals surface area contributed by atoms with Gasteiger partial charge in [-0.25, -0.2) is 4.68 Å². The number of hydrogen-bond donors (Lipinski definition) is 0. The summed E-state index contributed by atoms with van der Waals surface area (Å²) in [4.78, 5) is 16.6. The van der Waals surface area contributed by atoms with Crippen molar-refractivity contribution in [2.45, 2.75) is 13.1 Å². The summed E-state index contributed by atoms with van der Waals surface area (Å²) in [5, 5.41) is 8.23. The van der Waals surface area contributed by atoms with Crippen molar-refractivity contribution in [1.82, 2.24) is 20.0 Å². The van der Waals surface area contributed by atoms with Crippen molar-refractivity contribution < 1.29 is 22.7 Å². The highest BCUT2D eigenvalue weighted by Crippen LogP contribution is 2.35. The number of rotatable bonds is 5. The molecule has 32 heavy (non-hydrogen) atoms. The third kappa shape index (κ3) is 3.96. The molecule has 0 aliphatic heterocycles. The Morgan fingerprint density at radius 3 is 2.53 bits per heavy atom. The van der Waals surface area contributed by atoms with E-state index in [2.05, 4.69) is 15.3 Å². The van der Waals surface area contributed by atoms with E-state index in [0.29, 0.717) is 17.1 Å². The van der Waals surface area contributed by atoms with E-state index >= 15 is 0 Å². The smallest absolute Gasteiger partial charge is 0.418 e.